The molecule has 0 spiro atoms. The van der Waals surface area contributed by atoms with Crippen LogP contribution in [0.25, 0.3) is 0 Å². The number of hydrogen-bond acceptors (Lipinski definition) is 4. The summed E-state index contributed by atoms with van der Waals surface area (Å²) in [4.78, 5) is 2.39. The van der Waals surface area contributed by atoms with E-state index in [-0.39, 0.29) is 6.61 Å². The van der Waals surface area contributed by atoms with Crippen molar-refractivity contribution in [2.45, 2.75) is 45.1 Å². The Labute approximate surface area is 118 Å². The van der Waals surface area contributed by atoms with Crippen LogP contribution in [0.15, 0.2) is 0 Å². The number of rotatable bonds is 9. The highest BCUT2D eigenvalue weighted by molar-refractivity contribution is 4.87. The lowest BCUT2D eigenvalue weighted by atomic mass is 9.76. The highest BCUT2D eigenvalue weighted by atomic mass is 16.5. The third-order valence-electron chi connectivity index (χ3n) is 4.50. The first-order valence-corrected chi connectivity index (χ1v) is 7.80. The van der Waals surface area contributed by atoms with Gasteiger partial charge in [-0.1, -0.05) is 26.2 Å². The molecule has 3 unspecified atom stereocenters. The Morgan fingerprint density at radius 3 is 2.68 bits per heavy atom. The molecule has 0 heterocycles. The van der Waals surface area contributed by atoms with E-state index >= 15 is 0 Å². The van der Waals surface area contributed by atoms with Gasteiger partial charge in [0.1, 0.15) is 0 Å². The van der Waals surface area contributed by atoms with E-state index in [1.165, 1.54) is 32.1 Å². The summed E-state index contributed by atoms with van der Waals surface area (Å²) in [5, 5.41) is 9.28. The quantitative estimate of drug-likeness (QED) is 0.667. The summed E-state index contributed by atoms with van der Waals surface area (Å²) in [5.74, 6) is 1.41. The van der Waals surface area contributed by atoms with Crippen molar-refractivity contribution in [2.75, 3.05) is 40.0 Å². The van der Waals surface area contributed by atoms with Gasteiger partial charge < -0.3 is 15.6 Å². The number of nitrogens with two attached hydrogens (primary N) is 1. The van der Waals surface area contributed by atoms with Crippen molar-refractivity contribution in [3.8, 4) is 0 Å². The van der Waals surface area contributed by atoms with Crippen LogP contribution >= 0.6 is 0 Å². The van der Waals surface area contributed by atoms with E-state index in [0.717, 1.165) is 32.2 Å². The van der Waals surface area contributed by atoms with Gasteiger partial charge in [0.2, 0.25) is 0 Å². The minimum absolute atomic E-state index is 0.218. The third-order valence-corrected chi connectivity index (χ3v) is 4.50. The standard InChI is InChI=1S/C15H32N2O2/c1-3-4-13-5-6-14(12-16)15(11-13)17(7-9-18)8-10-19-2/h13-15,18H,3-12,16H2,1-2H3. The lowest BCUT2D eigenvalue weighted by Crippen LogP contribution is -2.49. The van der Waals surface area contributed by atoms with Gasteiger partial charge >= 0.3 is 0 Å². The maximum absolute atomic E-state index is 9.28. The summed E-state index contributed by atoms with van der Waals surface area (Å²) >= 11 is 0. The summed E-state index contributed by atoms with van der Waals surface area (Å²) in [6.45, 7) is 5.61. The van der Waals surface area contributed by atoms with Crippen molar-refractivity contribution >= 4 is 0 Å². The zero-order valence-corrected chi connectivity index (χ0v) is 12.7. The number of aliphatic hydroxyl groups excluding tert-OH is 1. The van der Waals surface area contributed by atoms with Crippen LogP contribution in [0.2, 0.25) is 0 Å². The molecule has 0 bridgehead atoms. The molecule has 3 atom stereocenters. The van der Waals surface area contributed by atoms with E-state index in [2.05, 4.69) is 11.8 Å². The topological polar surface area (TPSA) is 58.7 Å². The van der Waals surface area contributed by atoms with Gasteiger partial charge in [-0.3, -0.25) is 4.90 Å². The smallest absolute Gasteiger partial charge is 0.0589 e. The van der Waals surface area contributed by atoms with Gasteiger partial charge in [0.15, 0.2) is 0 Å². The lowest BCUT2D eigenvalue weighted by molar-refractivity contribution is 0.0433. The lowest BCUT2D eigenvalue weighted by Gasteiger charge is -2.42. The van der Waals surface area contributed by atoms with Crippen molar-refractivity contribution in [1.29, 1.82) is 0 Å². The van der Waals surface area contributed by atoms with E-state index in [4.69, 9.17) is 10.5 Å². The van der Waals surface area contributed by atoms with Gasteiger partial charge in [0.05, 0.1) is 13.2 Å². The number of nitrogens with zero attached hydrogens (tertiary/aromatic N) is 1. The van der Waals surface area contributed by atoms with Crippen LogP contribution in [0.4, 0.5) is 0 Å². The predicted molar refractivity (Wildman–Crippen MR) is 79.1 cm³/mol. The molecule has 4 nitrogen and oxygen atoms in total. The molecule has 4 heteroatoms. The number of hydrogen-bond donors (Lipinski definition) is 2. The largest absolute Gasteiger partial charge is 0.395 e. The van der Waals surface area contributed by atoms with Crippen molar-refractivity contribution in [2.24, 2.45) is 17.6 Å². The summed E-state index contributed by atoms with van der Waals surface area (Å²) in [6.07, 6.45) is 6.39. The zero-order chi connectivity index (χ0) is 14.1. The molecule has 0 aromatic carbocycles. The summed E-state index contributed by atoms with van der Waals surface area (Å²) in [5.41, 5.74) is 5.96. The molecule has 19 heavy (non-hydrogen) atoms. The van der Waals surface area contributed by atoms with Crippen molar-refractivity contribution in [3.63, 3.8) is 0 Å². The molecule has 0 aromatic heterocycles. The molecular weight excluding hydrogens is 240 g/mol. The Kier molecular flexibility index (Phi) is 8.62. The molecule has 0 aromatic rings. The minimum atomic E-state index is 0.218. The molecule has 0 radical (unpaired) electrons. The van der Waals surface area contributed by atoms with Crippen LogP contribution in [0.5, 0.6) is 0 Å². The van der Waals surface area contributed by atoms with Crippen molar-refractivity contribution in [3.05, 3.63) is 0 Å². The first kappa shape index (κ1) is 16.9. The first-order chi connectivity index (χ1) is 9.26. The van der Waals surface area contributed by atoms with E-state index in [9.17, 15) is 5.11 Å². The minimum Gasteiger partial charge on any atom is -0.395 e. The fraction of sp³-hybridized carbons (Fsp3) is 1.00. The Hall–Kier alpha value is -0.160. The number of methoxy groups -OCH3 is 1. The molecule has 0 aliphatic heterocycles. The molecule has 0 saturated heterocycles. The maximum Gasteiger partial charge on any atom is 0.0589 e. The van der Waals surface area contributed by atoms with E-state index in [1.54, 1.807) is 7.11 Å². The highest BCUT2D eigenvalue weighted by Crippen LogP contribution is 2.34. The highest BCUT2D eigenvalue weighted by Gasteiger charge is 2.32. The average Bonchev–Trinajstić information content (AvgIpc) is 2.44. The second kappa shape index (κ2) is 9.70. The molecule has 1 aliphatic rings. The van der Waals surface area contributed by atoms with Gasteiger partial charge in [-0.15, -0.1) is 0 Å². The summed E-state index contributed by atoms with van der Waals surface area (Å²) in [6, 6.07) is 0.526. The Morgan fingerprint density at radius 1 is 1.32 bits per heavy atom. The van der Waals surface area contributed by atoms with Crippen LogP contribution < -0.4 is 5.73 Å². The van der Waals surface area contributed by atoms with Crippen molar-refractivity contribution in [1.82, 2.24) is 4.90 Å². The molecule has 0 amide bonds. The van der Waals surface area contributed by atoms with Gasteiger partial charge in [-0.25, -0.2) is 0 Å². The van der Waals surface area contributed by atoms with Crippen LogP contribution in [0, 0.1) is 11.8 Å². The van der Waals surface area contributed by atoms with E-state index in [0.29, 0.717) is 12.0 Å². The SMILES string of the molecule is CCCC1CCC(CN)C(N(CCO)CCOC)C1. The molecule has 1 saturated carbocycles. The zero-order valence-electron chi connectivity index (χ0n) is 12.7. The van der Waals surface area contributed by atoms with E-state index < -0.39 is 0 Å². The monoisotopic (exact) mass is 272 g/mol. The van der Waals surface area contributed by atoms with Gasteiger partial charge in [-0.2, -0.15) is 0 Å². The average molecular weight is 272 g/mol. The van der Waals surface area contributed by atoms with Gasteiger partial charge in [-0.05, 0) is 31.2 Å². The Balaban J connectivity index is 2.63. The van der Waals surface area contributed by atoms with Crippen LogP contribution in [0.1, 0.15) is 39.0 Å². The fourth-order valence-electron chi connectivity index (χ4n) is 3.47. The maximum atomic E-state index is 9.28. The fourth-order valence-corrected chi connectivity index (χ4v) is 3.47. The van der Waals surface area contributed by atoms with E-state index in [1.807, 2.05) is 0 Å². The van der Waals surface area contributed by atoms with Crippen molar-refractivity contribution < 1.29 is 9.84 Å². The molecule has 3 N–H and O–H groups in total. The molecule has 114 valence electrons. The summed E-state index contributed by atoms with van der Waals surface area (Å²) in [7, 11) is 1.73. The number of ether oxygens (including phenoxy) is 1. The molecular formula is C15H32N2O2. The predicted octanol–water partition coefficient (Wildman–Crippen LogP) is 1.47. The Morgan fingerprint density at radius 2 is 2.11 bits per heavy atom. The molecule has 1 rings (SSSR count). The molecule has 1 fully saturated rings. The van der Waals surface area contributed by atoms with Crippen LogP contribution in [0.3, 0.4) is 0 Å². The van der Waals surface area contributed by atoms with Gasteiger partial charge in [0.25, 0.3) is 0 Å². The third kappa shape index (κ3) is 5.38. The Bertz CT molecular complexity index is 226. The normalized spacial score (nSPS) is 27.9. The first-order valence-electron chi connectivity index (χ1n) is 7.80. The second-order valence-corrected chi connectivity index (χ2v) is 5.78. The van der Waals surface area contributed by atoms with Gasteiger partial charge in [0, 0.05) is 26.2 Å². The molecule has 1 aliphatic carbocycles. The number of aliphatic hydroxyl groups is 1. The van der Waals surface area contributed by atoms with Crippen LogP contribution in [-0.4, -0.2) is 56.0 Å². The van der Waals surface area contributed by atoms with Crippen LogP contribution in [-0.2, 0) is 4.74 Å². The summed E-state index contributed by atoms with van der Waals surface area (Å²) < 4.78 is 5.20. The second-order valence-electron chi connectivity index (χ2n) is 5.78.